The fraction of sp³-hybridized carbons (Fsp3) is 0.250. The SMILES string of the molecule is O=C(Nc1ccc(F)cc1)c1nnc([C@@H]2CCCN(S(=O)(=O)c3ccccc3)C2)s1. The highest BCUT2D eigenvalue weighted by molar-refractivity contribution is 7.89. The molecule has 2 heterocycles. The van der Waals surface area contributed by atoms with Crippen LogP contribution in [-0.4, -0.2) is 41.9 Å². The summed E-state index contributed by atoms with van der Waals surface area (Å²) in [6.45, 7) is 0.746. The molecule has 1 atom stereocenters. The number of halogens is 1. The number of nitrogens with one attached hydrogen (secondary N) is 1. The van der Waals surface area contributed by atoms with Crippen molar-refractivity contribution >= 4 is 33.0 Å². The maximum atomic E-state index is 13.0. The van der Waals surface area contributed by atoms with Gasteiger partial charge in [0.2, 0.25) is 15.0 Å². The van der Waals surface area contributed by atoms with Gasteiger partial charge in [-0.3, -0.25) is 4.79 Å². The number of piperidine rings is 1. The lowest BCUT2D eigenvalue weighted by Gasteiger charge is -2.30. The van der Waals surface area contributed by atoms with Crippen LogP contribution in [0.4, 0.5) is 10.1 Å². The van der Waals surface area contributed by atoms with Crippen LogP contribution < -0.4 is 5.32 Å². The van der Waals surface area contributed by atoms with Crippen molar-refractivity contribution in [3.8, 4) is 0 Å². The minimum atomic E-state index is -3.58. The Morgan fingerprint density at radius 1 is 1.10 bits per heavy atom. The summed E-state index contributed by atoms with van der Waals surface area (Å²) in [7, 11) is -3.58. The van der Waals surface area contributed by atoms with E-state index in [1.165, 1.54) is 28.6 Å². The van der Waals surface area contributed by atoms with Crippen LogP contribution in [0.15, 0.2) is 59.5 Å². The highest BCUT2D eigenvalue weighted by Crippen LogP contribution is 2.32. The van der Waals surface area contributed by atoms with E-state index in [1.54, 1.807) is 30.3 Å². The van der Waals surface area contributed by atoms with E-state index >= 15 is 0 Å². The van der Waals surface area contributed by atoms with E-state index in [1.807, 2.05) is 0 Å². The van der Waals surface area contributed by atoms with Crippen molar-refractivity contribution in [2.45, 2.75) is 23.7 Å². The lowest BCUT2D eigenvalue weighted by molar-refractivity contribution is 0.102. The van der Waals surface area contributed by atoms with Crippen molar-refractivity contribution in [3.05, 3.63) is 70.4 Å². The number of carbonyl (C=O) groups excluding carboxylic acids is 1. The van der Waals surface area contributed by atoms with Gasteiger partial charge >= 0.3 is 0 Å². The summed E-state index contributed by atoms with van der Waals surface area (Å²) < 4.78 is 40.3. The number of hydrogen-bond acceptors (Lipinski definition) is 6. The second-order valence-corrected chi connectivity index (χ2v) is 9.87. The predicted octanol–water partition coefficient (Wildman–Crippen LogP) is 3.50. The fourth-order valence-electron chi connectivity index (χ4n) is 3.31. The second kappa shape index (κ2) is 8.58. The highest BCUT2D eigenvalue weighted by Gasteiger charge is 2.32. The molecular weight excluding hydrogens is 427 g/mol. The lowest BCUT2D eigenvalue weighted by Crippen LogP contribution is -2.39. The van der Waals surface area contributed by atoms with E-state index < -0.39 is 21.7 Å². The lowest BCUT2D eigenvalue weighted by atomic mass is 10.0. The molecular formula is C20H19FN4O3S2. The number of amides is 1. The molecule has 0 aliphatic carbocycles. The molecule has 1 amide bonds. The number of benzene rings is 2. The van der Waals surface area contributed by atoms with Gasteiger partial charge in [-0.1, -0.05) is 29.5 Å². The van der Waals surface area contributed by atoms with Crippen LogP contribution in [0.5, 0.6) is 0 Å². The molecule has 0 saturated carbocycles. The van der Waals surface area contributed by atoms with Gasteiger partial charge in [0.1, 0.15) is 10.8 Å². The number of hydrogen-bond donors (Lipinski definition) is 1. The normalized spacial score (nSPS) is 17.6. The third-order valence-electron chi connectivity index (χ3n) is 4.85. The molecule has 1 fully saturated rings. The summed E-state index contributed by atoms with van der Waals surface area (Å²) in [5.74, 6) is -0.949. The molecule has 10 heteroatoms. The van der Waals surface area contributed by atoms with Crippen LogP contribution in [0, 0.1) is 5.82 Å². The Kier molecular flexibility index (Phi) is 5.89. The summed E-state index contributed by atoms with van der Waals surface area (Å²) in [4.78, 5) is 12.7. The first kappa shape index (κ1) is 20.6. The Morgan fingerprint density at radius 3 is 2.57 bits per heavy atom. The standard InChI is InChI=1S/C20H19FN4O3S2/c21-15-8-10-16(11-9-15)22-18(26)20-24-23-19(29-20)14-5-4-12-25(13-14)30(27,28)17-6-2-1-3-7-17/h1-3,6-11,14H,4-5,12-13H2,(H,22,26)/t14-/m1/s1. The molecule has 1 saturated heterocycles. The predicted molar refractivity (Wildman–Crippen MR) is 111 cm³/mol. The second-order valence-electron chi connectivity index (χ2n) is 6.92. The molecule has 1 aliphatic heterocycles. The summed E-state index contributed by atoms with van der Waals surface area (Å²) in [5, 5.41) is 11.6. The zero-order valence-electron chi connectivity index (χ0n) is 15.9. The molecule has 0 spiro atoms. The minimum Gasteiger partial charge on any atom is -0.320 e. The van der Waals surface area contributed by atoms with Crippen LogP contribution in [0.25, 0.3) is 0 Å². The topological polar surface area (TPSA) is 92.3 Å². The number of nitrogens with zero attached hydrogens (tertiary/aromatic N) is 3. The van der Waals surface area contributed by atoms with E-state index in [2.05, 4.69) is 15.5 Å². The van der Waals surface area contributed by atoms with Crippen molar-refractivity contribution in [3.63, 3.8) is 0 Å². The van der Waals surface area contributed by atoms with Gasteiger partial charge < -0.3 is 5.32 Å². The Balaban J connectivity index is 1.46. The van der Waals surface area contributed by atoms with Gasteiger partial charge in [0.05, 0.1) is 4.90 Å². The summed E-state index contributed by atoms with van der Waals surface area (Å²) in [5.41, 5.74) is 0.455. The zero-order chi connectivity index (χ0) is 21.1. The zero-order valence-corrected chi connectivity index (χ0v) is 17.5. The smallest absolute Gasteiger partial charge is 0.286 e. The average Bonchev–Trinajstić information content (AvgIpc) is 3.27. The van der Waals surface area contributed by atoms with Gasteiger partial charge in [-0.2, -0.15) is 4.31 Å². The first-order valence-electron chi connectivity index (χ1n) is 9.39. The molecule has 1 N–H and O–H groups in total. The van der Waals surface area contributed by atoms with Gasteiger partial charge in [-0.05, 0) is 49.2 Å². The van der Waals surface area contributed by atoms with Crippen LogP contribution in [-0.2, 0) is 10.0 Å². The largest absolute Gasteiger partial charge is 0.320 e. The van der Waals surface area contributed by atoms with Crippen molar-refractivity contribution in [2.24, 2.45) is 0 Å². The molecule has 3 aromatic rings. The fourth-order valence-corrected chi connectivity index (χ4v) is 5.72. The monoisotopic (exact) mass is 446 g/mol. The van der Waals surface area contributed by atoms with Gasteiger partial charge in [-0.15, -0.1) is 10.2 Å². The van der Waals surface area contributed by atoms with E-state index in [-0.39, 0.29) is 15.8 Å². The molecule has 156 valence electrons. The summed E-state index contributed by atoms with van der Waals surface area (Å²) >= 11 is 1.15. The Bertz CT molecular complexity index is 1130. The Hall–Kier alpha value is -2.69. The molecule has 0 bridgehead atoms. The van der Waals surface area contributed by atoms with E-state index in [0.29, 0.717) is 30.2 Å². The first-order chi connectivity index (χ1) is 14.4. The van der Waals surface area contributed by atoms with Crippen LogP contribution >= 0.6 is 11.3 Å². The summed E-state index contributed by atoms with van der Waals surface area (Å²) in [6, 6.07) is 13.8. The third kappa shape index (κ3) is 4.40. The third-order valence-corrected chi connectivity index (χ3v) is 7.82. The highest BCUT2D eigenvalue weighted by atomic mass is 32.2. The van der Waals surface area contributed by atoms with Crippen LogP contribution in [0.2, 0.25) is 0 Å². The van der Waals surface area contributed by atoms with Crippen LogP contribution in [0.1, 0.15) is 33.6 Å². The maximum Gasteiger partial charge on any atom is 0.286 e. The van der Waals surface area contributed by atoms with Gasteiger partial charge in [0.15, 0.2) is 0 Å². The number of anilines is 1. The number of rotatable bonds is 5. The van der Waals surface area contributed by atoms with E-state index in [0.717, 1.165) is 17.8 Å². The van der Waals surface area contributed by atoms with Crippen LogP contribution in [0.3, 0.4) is 0 Å². The Labute approximate surface area is 177 Å². The van der Waals surface area contributed by atoms with Gasteiger partial charge in [0.25, 0.3) is 5.91 Å². The van der Waals surface area contributed by atoms with Gasteiger partial charge in [-0.25, -0.2) is 12.8 Å². The molecule has 1 aliphatic rings. The number of sulfonamides is 1. The van der Waals surface area contributed by atoms with E-state index in [4.69, 9.17) is 0 Å². The average molecular weight is 447 g/mol. The van der Waals surface area contributed by atoms with Gasteiger partial charge in [0, 0.05) is 24.7 Å². The minimum absolute atomic E-state index is 0.123. The first-order valence-corrected chi connectivity index (χ1v) is 11.6. The van der Waals surface area contributed by atoms with Crippen molar-refractivity contribution in [1.29, 1.82) is 0 Å². The molecule has 4 rings (SSSR count). The molecule has 7 nitrogen and oxygen atoms in total. The van der Waals surface area contributed by atoms with Crippen molar-refractivity contribution in [2.75, 3.05) is 18.4 Å². The molecule has 0 radical (unpaired) electrons. The molecule has 1 aromatic heterocycles. The Morgan fingerprint density at radius 2 is 1.83 bits per heavy atom. The number of aromatic nitrogens is 2. The van der Waals surface area contributed by atoms with Crippen molar-refractivity contribution < 1.29 is 17.6 Å². The molecule has 30 heavy (non-hydrogen) atoms. The number of carbonyl (C=O) groups is 1. The summed E-state index contributed by atoms with van der Waals surface area (Å²) in [6.07, 6.45) is 1.47. The molecule has 2 aromatic carbocycles. The molecule has 0 unspecified atom stereocenters. The quantitative estimate of drug-likeness (QED) is 0.648. The van der Waals surface area contributed by atoms with E-state index in [9.17, 15) is 17.6 Å². The van der Waals surface area contributed by atoms with Crippen molar-refractivity contribution in [1.82, 2.24) is 14.5 Å². The maximum absolute atomic E-state index is 13.0.